The van der Waals surface area contributed by atoms with Gasteiger partial charge in [0.15, 0.2) is 5.82 Å². The Balaban J connectivity index is 2.36. The zero-order valence-corrected chi connectivity index (χ0v) is 10.4. The Morgan fingerprint density at radius 2 is 1.89 bits per heavy atom. The minimum absolute atomic E-state index is 0.132. The molecule has 0 radical (unpaired) electrons. The lowest BCUT2D eigenvalue weighted by molar-refractivity contribution is 0.342. The third-order valence-electron chi connectivity index (χ3n) is 2.55. The lowest BCUT2D eigenvalue weighted by Gasteiger charge is -2.14. The van der Waals surface area contributed by atoms with Gasteiger partial charge in [-0.2, -0.15) is 0 Å². The molecule has 2 aromatic carbocycles. The van der Waals surface area contributed by atoms with Crippen LogP contribution in [0.3, 0.4) is 0 Å². The molecular formula is C14H14F2N2O. The monoisotopic (exact) mass is 264 g/mol. The summed E-state index contributed by atoms with van der Waals surface area (Å²) >= 11 is 0. The normalized spacial score (nSPS) is 10.3. The van der Waals surface area contributed by atoms with Crippen LogP contribution in [0.25, 0.3) is 0 Å². The first-order valence-corrected chi connectivity index (χ1v) is 5.85. The summed E-state index contributed by atoms with van der Waals surface area (Å²) < 4.78 is 32.0. The van der Waals surface area contributed by atoms with Gasteiger partial charge in [0.1, 0.15) is 11.6 Å². The fourth-order valence-electron chi connectivity index (χ4n) is 1.68. The molecule has 0 amide bonds. The minimum atomic E-state index is -0.795. The average molecular weight is 264 g/mol. The molecule has 0 aliphatic rings. The number of anilines is 3. The smallest absolute Gasteiger partial charge is 0.151 e. The molecule has 0 aliphatic heterocycles. The lowest BCUT2D eigenvalue weighted by atomic mass is 10.2. The Morgan fingerprint density at radius 1 is 1.16 bits per heavy atom. The zero-order chi connectivity index (χ0) is 13.8. The second kappa shape index (κ2) is 5.56. The van der Waals surface area contributed by atoms with E-state index in [0.717, 1.165) is 12.1 Å². The van der Waals surface area contributed by atoms with Gasteiger partial charge >= 0.3 is 0 Å². The summed E-state index contributed by atoms with van der Waals surface area (Å²) in [4.78, 5) is 0. The summed E-state index contributed by atoms with van der Waals surface area (Å²) in [7, 11) is 0. The van der Waals surface area contributed by atoms with Gasteiger partial charge < -0.3 is 15.8 Å². The Bertz CT molecular complexity index is 588. The summed E-state index contributed by atoms with van der Waals surface area (Å²) in [6, 6.07) is 8.99. The summed E-state index contributed by atoms with van der Waals surface area (Å²) in [5.74, 6) is -0.895. The number of hydrogen-bond acceptors (Lipinski definition) is 3. The number of para-hydroxylation sites is 2. The van der Waals surface area contributed by atoms with Crippen LogP contribution >= 0.6 is 0 Å². The van der Waals surface area contributed by atoms with Crippen molar-refractivity contribution >= 4 is 17.1 Å². The van der Waals surface area contributed by atoms with Crippen LogP contribution in [0.1, 0.15) is 6.92 Å². The number of nitrogen functional groups attached to an aromatic ring is 1. The maximum atomic E-state index is 13.4. The lowest BCUT2D eigenvalue weighted by Crippen LogP contribution is -2.02. The fraction of sp³-hybridized carbons (Fsp3) is 0.143. The second-order valence-electron chi connectivity index (χ2n) is 3.90. The first-order chi connectivity index (χ1) is 9.11. The van der Waals surface area contributed by atoms with Gasteiger partial charge in [0.2, 0.25) is 0 Å². The molecule has 0 spiro atoms. The van der Waals surface area contributed by atoms with E-state index < -0.39 is 11.6 Å². The number of nitrogens with one attached hydrogen (secondary N) is 1. The van der Waals surface area contributed by atoms with E-state index in [4.69, 9.17) is 10.5 Å². The van der Waals surface area contributed by atoms with Crippen LogP contribution in [0.4, 0.5) is 25.8 Å². The fourth-order valence-corrected chi connectivity index (χ4v) is 1.68. The maximum Gasteiger partial charge on any atom is 0.151 e. The minimum Gasteiger partial charge on any atom is -0.492 e. The standard InChI is InChI=1S/C14H14F2N2O/c1-2-19-13-6-4-3-5-11(13)18-12-8-9(15)7-10(16)14(12)17/h3-8,18H,2,17H2,1H3. The first kappa shape index (κ1) is 13.1. The van der Waals surface area contributed by atoms with Crippen molar-refractivity contribution in [3.8, 4) is 5.75 Å². The molecule has 0 aliphatic carbocycles. The molecule has 2 aromatic rings. The molecule has 0 fully saturated rings. The van der Waals surface area contributed by atoms with E-state index in [2.05, 4.69) is 5.32 Å². The Kier molecular flexibility index (Phi) is 3.85. The van der Waals surface area contributed by atoms with Gasteiger partial charge in [-0.1, -0.05) is 12.1 Å². The highest BCUT2D eigenvalue weighted by atomic mass is 19.1. The molecule has 100 valence electrons. The van der Waals surface area contributed by atoms with E-state index in [9.17, 15) is 8.78 Å². The highest BCUT2D eigenvalue weighted by Gasteiger charge is 2.10. The summed E-state index contributed by atoms with van der Waals surface area (Å²) in [5.41, 5.74) is 6.22. The number of hydrogen-bond donors (Lipinski definition) is 2. The Morgan fingerprint density at radius 3 is 2.63 bits per heavy atom. The van der Waals surface area contributed by atoms with E-state index in [-0.39, 0.29) is 11.4 Å². The van der Waals surface area contributed by atoms with E-state index in [1.54, 1.807) is 18.2 Å². The van der Waals surface area contributed by atoms with Gasteiger partial charge in [0, 0.05) is 6.07 Å². The summed E-state index contributed by atoms with van der Waals surface area (Å²) in [5, 5.41) is 2.88. The van der Waals surface area contributed by atoms with E-state index in [1.165, 1.54) is 0 Å². The van der Waals surface area contributed by atoms with E-state index >= 15 is 0 Å². The van der Waals surface area contributed by atoms with Crippen LogP contribution in [0.15, 0.2) is 36.4 Å². The molecule has 3 N–H and O–H groups in total. The predicted octanol–water partition coefficient (Wildman–Crippen LogP) is 3.69. The van der Waals surface area contributed by atoms with Crippen LogP contribution < -0.4 is 15.8 Å². The molecule has 19 heavy (non-hydrogen) atoms. The summed E-state index contributed by atoms with van der Waals surface area (Å²) in [6.45, 7) is 2.35. The molecule has 0 atom stereocenters. The maximum absolute atomic E-state index is 13.4. The molecule has 0 unspecified atom stereocenters. The second-order valence-corrected chi connectivity index (χ2v) is 3.90. The van der Waals surface area contributed by atoms with Crippen LogP contribution in [0.2, 0.25) is 0 Å². The largest absolute Gasteiger partial charge is 0.492 e. The molecule has 5 heteroatoms. The van der Waals surface area contributed by atoms with Crippen LogP contribution in [0, 0.1) is 11.6 Å². The van der Waals surface area contributed by atoms with Gasteiger partial charge in [0.25, 0.3) is 0 Å². The van der Waals surface area contributed by atoms with Gasteiger partial charge in [-0.15, -0.1) is 0 Å². The van der Waals surface area contributed by atoms with Gasteiger partial charge in [0.05, 0.1) is 23.7 Å². The third kappa shape index (κ3) is 2.93. The Labute approximate surface area is 110 Å². The third-order valence-corrected chi connectivity index (χ3v) is 2.55. The molecule has 0 aromatic heterocycles. The van der Waals surface area contributed by atoms with Crippen molar-refractivity contribution in [2.24, 2.45) is 0 Å². The van der Waals surface area contributed by atoms with Gasteiger partial charge in [-0.25, -0.2) is 8.78 Å². The highest BCUT2D eigenvalue weighted by molar-refractivity contribution is 5.75. The van der Waals surface area contributed by atoms with Gasteiger partial charge in [-0.05, 0) is 25.1 Å². The van der Waals surface area contributed by atoms with Crippen molar-refractivity contribution in [3.63, 3.8) is 0 Å². The van der Waals surface area contributed by atoms with Gasteiger partial charge in [-0.3, -0.25) is 0 Å². The average Bonchev–Trinajstić information content (AvgIpc) is 2.38. The first-order valence-electron chi connectivity index (χ1n) is 5.85. The number of halogens is 2. The molecule has 0 saturated heterocycles. The number of benzene rings is 2. The molecule has 0 heterocycles. The molecule has 0 saturated carbocycles. The van der Waals surface area contributed by atoms with Crippen molar-refractivity contribution in [1.29, 1.82) is 0 Å². The number of nitrogens with two attached hydrogens (primary N) is 1. The quantitative estimate of drug-likeness (QED) is 0.828. The molecular weight excluding hydrogens is 250 g/mol. The SMILES string of the molecule is CCOc1ccccc1Nc1cc(F)cc(F)c1N. The predicted molar refractivity (Wildman–Crippen MR) is 71.7 cm³/mol. The topological polar surface area (TPSA) is 47.3 Å². The van der Waals surface area contributed by atoms with Crippen molar-refractivity contribution in [1.82, 2.24) is 0 Å². The summed E-state index contributed by atoms with van der Waals surface area (Å²) in [6.07, 6.45) is 0. The van der Waals surface area contributed by atoms with Crippen molar-refractivity contribution in [2.75, 3.05) is 17.7 Å². The van der Waals surface area contributed by atoms with Crippen molar-refractivity contribution in [3.05, 3.63) is 48.0 Å². The molecule has 3 nitrogen and oxygen atoms in total. The molecule has 2 rings (SSSR count). The molecule has 0 bridgehead atoms. The Hall–Kier alpha value is -2.30. The number of ether oxygens (including phenoxy) is 1. The number of rotatable bonds is 4. The van der Waals surface area contributed by atoms with Crippen LogP contribution in [0.5, 0.6) is 5.75 Å². The van der Waals surface area contributed by atoms with E-state index in [1.807, 2.05) is 13.0 Å². The zero-order valence-electron chi connectivity index (χ0n) is 10.4. The van der Waals surface area contributed by atoms with Crippen molar-refractivity contribution < 1.29 is 13.5 Å². The van der Waals surface area contributed by atoms with E-state index in [0.29, 0.717) is 18.0 Å². The van der Waals surface area contributed by atoms with Crippen molar-refractivity contribution in [2.45, 2.75) is 6.92 Å². The van der Waals surface area contributed by atoms with Crippen LogP contribution in [-0.2, 0) is 0 Å². The highest BCUT2D eigenvalue weighted by Crippen LogP contribution is 2.31. The van der Waals surface area contributed by atoms with Crippen LogP contribution in [-0.4, -0.2) is 6.61 Å².